The van der Waals surface area contributed by atoms with Crippen LogP contribution in [0.4, 0.5) is 4.39 Å². The summed E-state index contributed by atoms with van der Waals surface area (Å²) >= 11 is 1.98. The number of hydrogen-bond acceptors (Lipinski definition) is 3. The molecule has 0 radical (unpaired) electrons. The summed E-state index contributed by atoms with van der Waals surface area (Å²) in [7, 11) is 0. The first-order valence-electron chi connectivity index (χ1n) is 8.73. The van der Waals surface area contributed by atoms with Gasteiger partial charge >= 0.3 is 0 Å². The minimum atomic E-state index is -0.509. The maximum atomic E-state index is 13.6. The van der Waals surface area contributed by atoms with Crippen molar-refractivity contribution in [1.82, 2.24) is 16.0 Å². The molecule has 1 aliphatic rings. The first kappa shape index (κ1) is 23.0. The third-order valence-corrected chi connectivity index (χ3v) is 5.56. The molecule has 1 amide bonds. The molecule has 1 heterocycles. The third-order valence-electron chi connectivity index (χ3n) is 4.04. The van der Waals surface area contributed by atoms with E-state index in [-0.39, 0.29) is 34.3 Å². The second-order valence-corrected chi connectivity index (χ2v) is 7.94. The Labute approximate surface area is 176 Å². The monoisotopic (exact) mass is 494 g/mol. The van der Waals surface area contributed by atoms with Crippen LogP contribution in [0.5, 0.6) is 0 Å². The number of carbonyl (C=O) groups is 1. The van der Waals surface area contributed by atoms with E-state index in [1.54, 1.807) is 12.1 Å². The van der Waals surface area contributed by atoms with E-state index in [9.17, 15) is 9.18 Å². The molecule has 1 unspecified atom stereocenters. The summed E-state index contributed by atoms with van der Waals surface area (Å²) in [6, 6.07) is 5.97. The second-order valence-electron chi connectivity index (χ2n) is 6.26. The van der Waals surface area contributed by atoms with Gasteiger partial charge in [-0.25, -0.2) is 4.39 Å². The number of amides is 1. The van der Waals surface area contributed by atoms with E-state index in [1.807, 2.05) is 18.7 Å². The quantitative estimate of drug-likeness (QED) is 0.236. The van der Waals surface area contributed by atoms with Gasteiger partial charge in [0.2, 0.25) is 0 Å². The van der Waals surface area contributed by atoms with Crippen LogP contribution in [0.1, 0.15) is 37.0 Å². The number of halogens is 2. The Bertz CT molecular complexity index is 609. The number of aliphatic imine (C=N–C) groups is 1. The van der Waals surface area contributed by atoms with Crippen molar-refractivity contribution >= 4 is 47.6 Å². The highest BCUT2D eigenvalue weighted by atomic mass is 127. The average Bonchev–Trinajstić information content (AvgIpc) is 3.03. The molecule has 0 aliphatic carbocycles. The number of carbonyl (C=O) groups excluding carboxylic acids is 1. The minimum Gasteiger partial charge on any atom is -0.357 e. The van der Waals surface area contributed by atoms with Gasteiger partial charge in [0.1, 0.15) is 5.82 Å². The van der Waals surface area contributed by atoms with E-state index < -0.39 is 11.7 Å². The first-order valence-corrected chi connectivity index (χ1v) is 9.71. The molecule has 1 aromatic rings. The number of nitrogens with zero attached hydrogens (tertiary/aromatic N) is 1. The number of thioether (sulfide) groups is 1. The summed E-state index contributed by atoms with van der Waals surface area (Å²) in [4.78, 5) is 16.6. The van der Waals surface area contributed by atoms with Gasteiger partial charge in [-0.1, -0.05) is 12.1 Å². The van der Waals surface area contributed by atoms with Crippen molar-refractivity contribution in [2.75, 3.05) is 31.9 Å². The largest absolute Gasteiger partial charge is 0.357 e. The smallest absolute Gasteiger partial charge is 0.254 e. The average molecular weight is 494 g/mol. The van der Waals surface area contributed by atoms with Gasteiger partial charge in [-0.15, -0.1) is 24.0 Å². The highest BCUT2D eigenvalue weighted by Crippen LogP contribution is 2.37. The standard InChI is InChI=1S/C18H27FN4OS.HI/c1-3-20-17(23-13-18(2)9-6-12-25-18)22-11-10-21-16(24)14-7-4-5-8-15(14)19;/h4-5,7-8H,3,6,9-13H2,1-2H3,(H,21,24)(H2,20,22,23);1H. The Morgan fingerprint density at radius 1 is 1.27 bits per heavy atom. The van der Waals surface area contributed by atoms with Crippen molar-refractivity contribution in [3.05, 3.63) is 35.6 Å². The number of rotatable bonds is 7. The maximum Gasteiger partial charge on any atom is 0.254 e. The maximum absolute atomic E-state index is 13.6. The van der Waals surface area contributed by atoms with Crippen molar-refractivity contribution in [1.29, 1.82) is 0 Å². The molecule has 3 N–H and O–H groups in total. The van der Waals surface area contributed by atoms with Gasteiger partial charge in [0.25, 0.3) is 5.91 Å². The van der Waals surface area contributed by atoms with Crippen LogP contribution in [-0.2, 0) is 0 Å². The van der Waals surface area contributed by atoms with Gasteiger partial charge in [0, 0.05) is 24.4 Å². The van der Waals surface area contributed by atoms with E-state index in [0.717, 1.165) is 19.0 Å². The molecule has 0 aromatic heterocycles. The Morgan fingerprint density at radius 3 is 2.65 bits per heavy atom. The van der Waals surface area contributed by atoms with Crippen molar-refractivity contribution < 1.29 is 9.18 Å². The summed E-state index contributed by atoms with van der Waals surface area (Å²) in [5.41, 5.74) is 0.0641. The van der Waals surface area contributed by atoms with Crippen LogP contribution in [0.3, 0.4) is 0 Å². The summed E-state index contributed by atoms with van der Waals surface area (Å²) in [5.74, 6) is 1.04. The zero-order valence-electron chi connectivity index (χ0n) is 15.3. The van der Waals surface area contributed by atoms with Gasteiger partial charge in [-0.05, 0) is 44.6 Å². The molecule has 26 heavy (non-hydrogen) atoms. The summed E-state index contributed by atoms with van der Waals surface area (Å²) in [5, 5.41) is 9.13. The Kier molecular flexibility index (Phi) is 10.3. The molecule has 1 atom stereocenters. The summed E-state index contributed by atoms with van der Waals surface area (Å²) in [6.07, 6.45) is 2.45. The fourth-order valence-corrected chi connectivity index (χ4v) is 3.87. The lowest BCUT2D eigenvalue weighted by Gasteiger charge is -2.21. The van der Waals surface area contributed by atoms with Crippen molar-refractivity contribution in [3.8, 4) is 0 Å². The molecule has 2 rings (SSSR count). The lowest BCUT2D eigenvalue weighted by molar-refractivity contribution is 0.0950. The minimum absolute atomic E-state index is 0. The molecule has 0 saturated carbocycles. The predicted molar refractivity (Wildman–Crippen MR) is 118 cm³/mol. The zero-order chi connectivity index (χ0) is 18.1. The Balaban J connectivity index is 0.00000338. The fourth-order valence-electron chi connectivity index (χ4n) is 2.65. The number of benzene rings is 1. The second kappa shape index (κ2) is 11.6. The van der Waals surface area contributed by atoms with Crippen LogP contribution in [0.15, 0.2) is 29.3 Å². The van der Waals surface area contributed by atoms with E-state index in [4.69, 9.17) is 0 Å². The predicted octanol–water partition coefficient (Wildman–Crippen LogP) is 3.01. The normalized spacial score (nSPS) is 19.6. The molecule has 1 aromatic carbocycles. The lowest BCUT2D eigenvalue weighted by Crippen LogP contribution is -2.42. The van der Waals surface area contributed by atoms with Crippen LogP contribution < -0.4 is 16.0 Å². The van der Waals surface area contributed by atoms with Crippen LogP contribution in [-0.4, -0.2) is 48.5 Å². The van der Waals surface area contributed by atoms with Crippen LogP contribution in [0.2, 0.25) is 0 Å². The topological polar surface area (TPSA) is 65.5 Å². The Morgan fingerprint density at radius 2 is 2.00 bits per heavy atom. The van der Waals surface area contributed by atoms with Gasteiger partial charge in [0.15, 0.2) is 5.96 Å². The molecule has 8 heteroatoms. The molecule has 1 saturated heterocycles. The number of hydrogen-bond donors (Lipinski definition) is 3. The lowest BCUT2D eigenvalue weighted by atomic mass is 10.1. The molecular formula is C18H28FIN4OS. The summed E-state index contributed by atoms with van der Waals surface area (Å²) in [6.45, 7) is 6.74. The molecular weight excluding hydrogens is 466 g/mol. The fraction of sp³-hybridized carbons (Fsp3) is 0.556. The molecule has 1 aliphatic heterocycles. The molecule has 0 bridgehead atoms. The van der Waals surface area contributed by atoms with Gasteiger partial charge in [-0.3, -0.25) is 9.79 Å². The van der Waals surface area contributed by atoms with E-state index in [1.165, 1.54) is 30.7 Å². The van der Waals surface area contributed by atoms with Crippen molar-refractivity contribution in [2.24, 2.45) is 4.99 Å². The van der Waals surface area contributed by atoms with Crippen LogP contribution in [0.25, 0.3) is 0 Å². The van der Waals surface area contributed by atoms with Gasteiger partial charge in [0.05, 0.1) is 12.1 Å². The number of guanidine groups is 1. The van der Waals surface area contributed by atoms with Crippen LogP contribution in [0, 0.1) is 5.82 Å². The first-order chi connectivity index (χ1) is 12.0. The molecule has 5 nitrogen and oxygen atoms in total. The van der Waals surface area contributed by atoms with E-state index in [2.05, 4.69) is 27.9 Å². The van der Waals surface area contributed by atoms with E-state index in [0.29, 0.717) is 13.1 Å². The highest BCUT2D eigenvalue weighted by Gasteiger charge is 2.29. The third kappa shape index (κ3) is 7.30. The zero-order valence-corrected chi connectivity index (χ0v) is 18.5. The van der Waals surface area contributed by atoms with Gasteiger partial charge in [-0.2, -0.15) is 11.8 Å². The van der Waals surface area contributed by atoms with E-state index >= 15 is 0 Å². The molecule has 0 spiro atoms. The highest BCUT2D eigenvalue weighted by molar-refractivity contribution is 14.0. The van der Waals surface area contributed by atoms with Crippen LogP contribution >= 0.6 is 35.7 Å². The Hall–Kier alpha value is -1.03. The summed E-state index contributed by atoms with van der Waals surface area (Å²) < 4.78 is 13.8. The van der Waals surface area contributed by atoms with Crippen molar-refractivity contribution in [3.63, 3.8) is 0 Å². The van der Waals surface area contributed by atoms with Crippen molar-refractivity contribution in [2.45, 2.75) is 31.4 Å². The SMILES string of the molecule is CCNC(=NCC1(C)CCCS1)NCCNC(=O)c1ccccc1F.I. The number of nitrogens with one attached hydrogen (secondary N) is 3. The molecule has 146 valence electrons. The molecule has 1 fully saturated rings. The van der Waals surface area contributed by atoms with Gasteiger partial charge < -0.3 is 16.0 Å².